The molecule has 0 aliphatic carbocycles. The van der Waals surface area contributed by atoms with Gasteiger partial charge in [0.25, 0.3) is 0 Å². The fourth-order valence-corrected chi connectivity index (χ4v) is 3.02. The fourth-order valence-electron chi connectivity index (χ4n) is 2.49. The third-order valence-electron chi connectivity index (χ3n) is 3.77. The van der Waals surface area contributed by atoms with E-state index in [0.717, 1.165) is 0 Å². The Balaban J connectivity index is 1.92. The molecule has 0 unspecified atom stereocenters. The third-order valence-corrected chi connectivity index (χ3v) is 4.43. The molecule has 1 aliphatic heterocycles. The van der Waals surface area contributed by atoms with Gasteiger partial charge in [0.2, 0.25) is 5.90 Å². The summed E-state index contributed by atoms with van der Waals surface area (Å²) in [5.74, 6) is 0.477. The summed E-state index contributed by atoms with van der Waals surface area (Å²) in [7, 11) is 3.02. The van der Waals surface area contributed by atoms with Crippen molar-refractivity contribution in [3.63, 3.8) is 0 Å². The average molecular weight is 446 g/mol. The van der Waals surface area contributed by atoms with Gasteiger partial charge < -0.3 is 18.9 Å². The molecule has 0 fully saturated rings. The minimum atomic E-state index is -0.569. The summed E-state index contributed by atoms with van der Waals surface area (Å²) in [5, 5.41) is 0. The Kier molecular flexibility index (Phi) is 5.79. The van der Waals surface area contributed by atoms with Crippen LogP contribution in [0.3, 0.4) is 0 Å². The van der Waals surface area contributed by atoms with E-state index in [4.69, 9.17) is 18.9 Å². The first-order valence-corrected chi connectivity index (χ1v) is 8.93. The second kappa shape index (κ2) is 8.26. The summed E-state index contributed by atoms with van der Waals surface area (Å²) < 4.78 is 21.4. The molecule has 0 atom stereocenters. The lowest BCUT2D eigenvalue weighted by molar-refractivity contribution is -0.132. The van der Waals surface area contributed by atoms with E-state index in [1.54, 1.807) is 49.6 Å². The molecule has 0 saturated heterocycles. The van der Waals surface area contributed by atoms with E-state index < -0.39 is 11.9 Å². The highest BCUT2D eigenvalue weighted by Gasteiger charge is 2.25. The molecule has 0 saturated carbocycles. The second-order valence-corrected chi connectivity index (χ2v) is 6.54. The van der Waals surface area contributed by atoms with E-state index in [-0.39, 0.29) is 17.3 Å². The van der Waals surface area contributed by atoms with Gasteiger partial charge in [-0.1, -0.05) is 6.07 Å². The number of cyclic esters (lactones) is 1. The number of carbonyl (C=O) groups excluding carboxylic acids is 2. The van der Waals surface area contributed by atoms with Gasteiger partial charge in [0.15, 0.2) is 17.2 Å². The number of hydrogen-bond acceptors (Lipinski definition) is 7. The van der Waals surface area contributed by atoms with E-state index in [1.807, 2.05) is 0 Å². The van der Waals surface area contributed by atoms with Gasteiger partial charge in [-0.25, -0.2) is 9.79 Å². The van der Waals surface area contributed by atoms with Gasteiger partial charge in [0.1, 0.15) is 5.75 Å². The summed E-state index contributed by atoms with van der Waals surface area (Å²) in [4.78, 5) is 27.7. The number of hydrogen-bond donors (Lipinski definition) is 0. The average Bonchev–Trinajstić information content (AvgIpc) is 3.02. The summed E-state index contributed by atoms with van der Waals surface area (Å²) in [6.45, 7) is 1.30. The molecule has 2 aromatic rings. The Hall–Kier alpha value is -3.13. The number of halogens is 1. The highest BCUT2D eigenvalue weighted by molar-refractivity contribution is 9.10. The van der Waals surface area contributed by atoms with E-state index in [2.05, 4.69) is 20.9 Å². The number of nitrogens with zero attached hydrogens (tertiary/aromatic N) is 1. The predicted octanol–water partition coefficient (Wildman–Crippen LogP) is 3.74. The maximum atomic E-state index is 12.2. The number of carbonyl (C=O) groups is 2. The molecular formula is C20H16BrNO6. The molecule has 28 heavy (non-hydrogen) atoms. The topological polar surface area (TPSA) is 83.4 Å². The molecule has 1 aliphatic rings. The van der Waals surface area contributed by atoms with Crippen LogP contribution in [0, 0.1) is 0 Å². The lowest BCUT2D eigenvalue weighted by Gasteiger charge is -2.08. The minimum Gasteiger partial charge on any atom is -0.497 e. The molecule has 3 rings (SSSR count). The van der Waals surface area contributed by atoms with E-state index in [1.165, 1.54) is 14.0 Å². The molecule has 0 radical (unpaired) electrons. The first-order chi connectivity index (χ1) is 13.4. The molecular weight excluding hydrogens is 430 g/mol. The smallest absolute Gasteiger partial charge is 0.363 e. The zero-order valence-corrected chi connectivity index (χ0v) is 16.9. The van der Waals surface area contributed by atoms with Crippen molar-refractivity contribution in [2.45, 2.75) is 6.92 Å². The number of ether oxygens (including phenoxy) is 4. The normalized spacial score (nSPS) is 14.5. The van der Waals surface area contributed by atoms with Crippen molar-refractivity contribution in [3.05, 3.63) is 57.7 Å². The summed E-state index contributed by atoms with van der Waals surface area (Å²) in [5.41, 5.74) is 1.40. The van der Waals surface area contributed by atoms with Crippen molar-refractivity contribution in [1.82, 2.24) is 0 Å². The van der Waals surface area contributed by atoms with Gasteiger partial charge >= 0.3 is 11.9 Å². The molecule has 2 aromatic carbocycles. The zero-order valence-electron chi connectivity index (χ0n) is 15.3. The van der Waals surface area contributed by atoms with Crippen LogP contribution in [-0.4, -0.2) is 32.1 Å². The largest absolute Gasteiger partial charge is 0.497 e. The van der Waals surface area contributed by atoms with Gasteiger partial charge in [-0.3, -0.25) is 4.79 Å². The SMILES string of the molecule is COc1ccc(C2=N/C(=C\c3ccc(OC(C)=O)c(OC)c3)C(=O)O2)c(Br)c1. The Morgan fingerprint density at radius 1 is 1.11 bits per heavy atom. The molecule has 1 heterocycles. The number of benzene rings is 2. The lowest BCUT2D eigenvalue weighted by Crippen LogP contribution is -2.06. The number of methoxy groups -OCH3 is 2. The molecule has 144 valence electrons. The molecule has 8 heteroatoms. The van der Waals surface area contributed by atoms with Gasteiger partial charge in [0.05, 0.1) is 19.8 Å². The zero-order chi connectivity index (χ0) is 20.3. The summed E-state index contributed by atoms with van der Waals surface area (Å²) >= 11 is 3.42. The number of rotatable bonds is 5. The Bertz CT molecular complexity index is 1010. The van der Waals surface area contributed by atoms with Crippen LogP contribution in [0.1, 0.15) is 18.1 Å². The van der Waals surface area contributed by atoms with Crippen molar-refractivity contribution in [1.29, 1.82) is 0 Å². The van der Waals surface area contributed by atoms with Crippen LogP contribution in [0.15, 0.2) is 51.6 Å². The van der Waals surface area contributed by atoms with Crippen LogP contribution in [0.2, 0.25) is 0 Å². The van der Waals surface area contributed by atoms with Gasteiger partial charge in [-0.05, 0) is 57.9 Å². The van der Waals surface area contributed by atoms with Gasteiger partial charge in [-0.15, -0.1) is 0 Å². The molecule has 0 bridgehead atoms. The highest BCUT2D eigenvalue weighted by atomic mass is 79.9. The maximum absolute atomic E-state index is 12.2. The number of esters is 2. The summed E-state index contributed by atoms with van der Waals surface area (Å²) in [6.07, 6.45) is 1.56. The number of aliphatic imine (C=N–C) groups is 1. The van der Waals surface area contributed by atoms with E-state index >= 15 is 0 Å². The van der Waals surface area contributed by atoms with Crippen LogP contribution >= 0.6 is 15.9 Å². The van der Waals surface area contributed by atoms with Crippen LogP contribution in [0.25, 0.3) is 6.08 Å². The van der Waals surface area contributed by atoms with Crippen molar-refractivity contribution in [3.8, 4) is 17.2 Å². The van der Waals surface area contributed by atoms with Crippen LogP contribution < -0.4 is 14.2 Å². The van der Waals surface area contributed by atoms with Crippen LogP contribution in [-0.2, 0) is 14.3 Å². The molecule has 0 amide bonds. The molecule has 7 nitrogen and oxygen atoms in total. The molecule has 0 aromatic heterocycles. The Morgan fingerprint density at radius 3 is 2.54 bits per heavy atom. The first kappa shape index (κ1) is 19.6. The highest BCUT2D eigenvalue weighted by Crippen LogP contribution is 2.31. The molecule has 0 spiro atoms. The van der Waals surface area contributed by atoms with Crippen molar-refractivity contribution < 1.29 is 28.5 Å². The Morgan fingerprint density at radius 2 is 1.89 bits per heavy atom. The van der Waals surface area contributed by atoms with Gasteiger partial charge in [0, 0.05) is 11.4 Å². The predicted molar refractivity (Wildman–Crippen MR) is 106 cm³/mol. The standard InChI is InChI=1S/C20H16BrNO6/c1-11(23)27-17-7-4-12(9-18(17)26-3)8-16-20(24)28-19(22-16)14-6-5-13(25-2)10-15(14)21/h4-10H,1-3H3/b16-8-. The lowest BCUT2D eigenvalue weighted by atomic mass is 10.1. The van der Waals surface area contributed by atoms with E-state index in [0.29, 0.717) is 27.1 Å². The fraction of sp³-hybridized carbons (Fsp3) is 0.150. The maximum Gasteiger partial charge on any atom is 0.363 e. The van der Waals surface area contributed by atoms with Gasteiger partial charge in [-0.2, -0.15) is 0 Å². The quantitative estimate of drug-likeness (QED) is 0.396. The Labute approximate surface area is 169 Å². The van der Waals surface area contributed by atoms with Crippen LogP contribution in [0.5, 0.6) is 17.2 Å². The van der Waals surface area contributed by atoms with Crippen molar-refractivity contribution in [2.75, 3.05) is 14.2 Å². The van der Waals surface area contributed by atoms with Crippen molar-refractivity contribution in [2.24, 2.45) is 4.99 Å². The van der Waals surface area contributed by atoms with Crippen LogP contribution in [0.4, 0.5) is 0 Å². The summed E-state index contributed by atoms with van der Waals surface area (Å²) in [6, 6.07) is 10.1. The first-order valence-electron chi connectivity index (χ1n) is 8.14. The monoisotopic (exact) mass is 445 g/mol. The van der Waals surface area contributed by atoms with E-state index in [9.17, 15) is 9.59 Å². The second-order valence-electron chi connectivity index (χ2n) is 5.69. The minimum absolute atomic E-state index is 0.139. The molecule has 0 N–H and O–H groups in total. The third kappa shape index (κ3) is 4.23. The van der Waals surface area contributed by atoms with Crippen molar-refractivity contribution >= 4 is 39.8 Å².